The van der Waals surface area contributed by atoms with Crippen molar-refractivity contribution in [3.63, 3.8) is 0 Å². The second kappa shape index (κ2) is 9.05. The smallest absolute Gasteiger partial charge is 0.209 e. The van der Waals surface area contributed by atoms with Crippen LogP contribution in [-0.4, -0.2) is 46.4 Å². The first kappa shape index (κ1) is 21.2. The van der Waals surface area contributed by atoms with Crippen LogP contribution in [0.5, 0.6) is 5.75 Å². The lowest BCUT2D eigenvalue weighted by Crippen LogP contribution is -2.53. The molecule has 0 aliphatic rings. The van der Waals surface area contributed by atoms with Gasteiger partial charge < -0.3 is 15.4 Å². The molecule has 0 aliphatic carbocycles. The van der Waals surface area contributed by atoms with Crippen molar-refractivity contribution in [2.24, 2.45) is 4.99 Å². The molecule has 1 aromatic rings. The third-order valence-corrected chi connectivity index (χ3v) is 4.28. The minimum atomic E-state index is -3.28. The predicted octanol–water partition coefficient (Wildman–Crippen LogP) is 1.39. The van der Waals surface area contributed by atoms with Gasteiger partial charge in [-0.05, 0) is 39.3 Å². The highest BCUT2D eigenvalue weighted by Crippen LogP contribution is 2.20. The zero-order valence-corrected chi connectivity index (χ0v) is 16.8. The van der Waals surface area contributed by atoms with Crippen molar-refractivity contribution in [1.82, 2.24) is 15.4 Å². The van der Waals surface area contributed by atoms with E-state index in [1.807, 2.05) is 45.9 Å². The van der Waals surface area contributed by atoms with Crippen molar-refractivity contribution in [1.29, 1.82) is 0 Å². The monoisotopic (exact) mass is 370 g/mol. The first-order valence-corrected chi connectivity index (χ1v) is 10.1. The first-order chi connectivity index (χ1) is 11.6. The number of hydrogen-bond acceptors (Lipinski definition) is 4. The maximum absolute atomic E-state index is 11.4. The lowest BCUT2D eigenvalue weighted by molar-refractivity contribution is 0.409. The van der Waals surface area contributed by atoms with Gasteiger partial charge >= 0.3 is 0 Å². The Morgan fingerprint density at radius 3 is 2.52 bits per heavy atom. The van der Waals surface area contributed by atoms with E-state index >= 15 is 0 Å². The summed E-state index contributed by atoms with van der Waals surface area (Å²) >= 11 is 0. The normalized spacial score (nSPS) is 12.8. The third-order valence-electron chi connectivity index (χ3n) is 3.35. The van der Waals surface area contributed by atoms with E-state index in [0.29, 0.717) is 25.6 Å². The average Bonchev–Trinajstić information content (AvgIpc) is 2.48. The molecule has 0 radical (unpaired) electrons. The summed E-state index contributed by atoms with van der Waals surface area (Å²) in [6, 6.07) is 5.99. The van der Waals surface area contributed by atoms with Gasteiger partial charge in [-0.3, -0.25) is 0 Å². The minimum Gasteiger partial charge on any atom is -0.496 e. The van der Waals surface area contributed by atoms with Gasteiger partial charge in [-0.25, -0.2) is 18.1 Å². The van der Waals surface area contributed by atoms with E-state index in [1.165, 1.54) is 0 Å². The van der Waals surface area contributed by atoms with Crippen LogP contribution in [0, 0.1) is 6.92 Å². The van der Waals surface area contributed by atoms with Gasteiger partial charge in [0.05, 0.1) is 19.9 Å². The summed E-state index contributed by atoms with van der Waals surface area (Å²) in [5, 5.41) is 6.33. The van der Waals surface area contributed by atoms with Gasteiger partial charge in [0.15, 0.2) is 5.96 Å². The molecule has 0 atom stereocenters. The molecule has 7 nitrogen and oxygen atoms in total. The number of nitrogens with one attached hydrogen (secondary N) is 3. The summed E-state index contributed by atoms with van der Waals surface area (Å²) in [5.41, 5.74) is 1.48. The van der Waals surface area contributed by atoms with Gasteiger partial charge in [-0.15, -0.1) is 0 Å². The lowest BCUT2D eigenvalue weighted by Gasteiger charge is -2.26. The molecule has 0 aromatic heterocycles. The number of ether oxygens (including phenoxy) is 1. The van der Waals surface area contributed by atoms with Gasteiger partial charge in [-0.2, -0.15) is 0 Å². The summed E-state index contributed by atoms with van der Waals surface area (Å²) < 4.78 is 30.9. The second-order valence-corrected chi connectivity index (χ2v) is 8.37. The molecule has 0 bridgehead atoms. The van der Waals surface area contributed by atoms with Crippen LogP contribution in [0.2, 0.25) is 0 Å². The molecular formula is C17H30N4O3S. The van der Waals surface area contributed by atoms with Gasteiger partial charge in [-0.1, -0.05) is 12.1 Å². The summed E-state index contributed by atoms with van der Waals surface area (Å²) in [6.45, 7) is 9.18. The zero-order valence-electron chi connectivity index (χ0n) is 15.9. The topological polar surface area (TPSA) is 91.8 Å². The Kier molecular flexibility index (Phi) is 7.69. The van der Waals surface area contributed by atoms with E-state index in [4.69, 9.17) is 4.74 Å². The summed E-state index contributed by atoms with van der Waals surface area (Å²) in [5.74, 6) is 1.42. The summed E-state index contributed by atoms with van der Waals surface area (Å²) in [4.78, 5) is 4.56. The molecule has 25 heavy (non-hydrogen) atoms. The number of aryl methyl sites for hydroxylation is 1. The van der Waals surface area contributed by atoms with Crippen LogP contribution in [0.25, 0.3) is 0 Å². The fourth-order valence-corrected chi connectivity index (χ4v) is 3.41. The molecule has 0 saturated carbocycles. The van der Waals surface area contributed by atoms with E-state index in [-0.39, 0.29) is 0 Å². The number of benzene rings is 1. The largest absolute Gasteiger partial charge is 0.496 e. The van der Waals surface area contributed by atoms with E-state index in [1.54, 1.807) is 7.11 Å². The highest BCUT2D eigenvalue weighted by molar-refractivity contribution is 7.88. The van der Waals surface area contributed by atoms with Crippen LogP contribution < -0.4 is 20.1 Å². The van der Waals surface area contributed by atoms with E-state index in [0.717, 1.165) is 23.1 Å². The highest BCUT2D eigenvalue weighted by Gasteiger charge is 2.22. The minimum absolute atomic E-state index is 0.400. The van der Waals surface area contributed by atoms with Crippen LogP contribution in [0.3, 0.4) is 0 Å². The maximum atomic E-state index is 11.4. The molecule has 8 heteroatoms. The number of guanidine groups is 1. The summed E-state index contributed by atoms with van der Waals surface area (Å²) in [7, 11) is -1.63. The first-order valence-electron chi connectivity index (χ1n) is 8.21. The van der Waals surface area contributed by atoms with Crippen LogP contribution in [0.15, 0.2) is 23.2 Å². The van der Waals surface area contributed by atoms with Gasteiger partial charge in [0.1, 0.15) is 5.75 Å². The van der Waals surface area contributed by atoms with Crippen LogP contribution in [0.4, 0.5) is 0 Å². The fourth-order valence-electron chi connectivity index (χ4n) is 2.33. The van der Waals surface area contributed by atoms with Crippen molar-refractivity contribution in [3.05, 3.63) is 29.3 Å². The molecule has 3 N–H and O–H groups in total. The summed E-state index contributed by atoms with van der Waals surface area (Å²) in [6.07, 6.45) is 1.15. The average molecular weight is 371 g/mol. The Morgan fingerprint density at radius 2 is 1.96 bits per heavy atom. The van der Waals surface area contributed by atoms with Crippen LogP contribution in [-0.2, 0) is 16.6 Å². The van der Waals surface area contributed by atoms with E-state index in [2.05, 4.69) is 20.3 Å². The predicted molar refractivity (Wildman–Crippen MR) is 103 cm³/mol. The molecule has 0 heterocycles. The number of methoxy groups -OCH3 is 1. The molecule has 0 fully saturated rings. The lowest BCUT2D eigenvalue weighted by atomic mass is 10.1. The fraction of sp³-hybridized carbons (Fsp3) is 0.588. The molecule has 1 aromatic carbocycles. The molecule has 142 valence electrons. The van der Waals surface area contributed by atoms with Crippen molar-refractivity contribution in [2.45, 2.75) is 39.8 Å². The standard InChI is InChI=1S/C17H30N4O3S/c1-7-18-16(20-12-17(3,4)21-25(6,22)23)19-11-14-9-8-13(2)10-15(14)24-5/h8-10,21H,7,11-12H2,1-6H3,(H2,18,19,20). The number of rotatable bonds is 8. The van der Waals surface area contributed by atoms with Crippen molar-refractivity contribution < 1.29 is 13.2 Å². The number of sulfonamides is 1. The Morgan fingerprint density at radius 1 is 1.28 bits per heavy atom. The maximum Gasteiger partial charge on any atom is 0.209 e. The third kappa shape index (κ3) is 8.22. The van der Waals surface area contributed by atoms with Crippen molar-refractivity contribution in [3.8, 4) is 5.75 Å². The van der Waals surface area contributed by atoms with Crippen LogP contribution >= 0.6 is 0 Å². The highest BCUT2D eigenvalue weighted by atomic mass is 32.2. The van der Waals surface area contributed by atoms with E-state index in [9.17, 15) is 8.42 Å². The van der Waals surface area contributed by atoms with Crippen molar-refractivity contribution in [2.75, 3.05) is 26.5 Å². The Bertz CT molecular complexity index is 700. The van der Waals surface area contributed by atoms with E-state index < -0.39 is 15.6 Å². The van der Waals surface area contributed by atoms with Gasteiger partial charge in [0.2, 0.25) is 10.0 Å². The number of nitrogens with zero attached hydrogens (tertiary/aromatic N) is 1. The number of aliphatic imine (C=N–C) groups is 1. The molecule has 0 spiro atoms. The molecule has 0 unspecified atom stereocenters. The zero-order chi connectivity index (χ0) is 19.1. The van der Waals surface area contributed by atoms with Crippen molar-refractivity contribution >= 4 is 16.0 Å². The molecular weight excluding hydrogens is 340 g/mol. The Hall–Kier alpha value is -1.80. The Labute approximate surface area is 151 Å². The molecule has 1 rings (SSSR count). The van der Waals surface area contributed by atoms with Gasteiger partial charge in [0, 0.05) is 24.2 Å². The van der Waals surface area contributed by atoms with Crippen LogP contribution in [0.1, 0.15) is 31.9 Å². The quantitative estimate of drug-likeness (QED) is 0.475. The molecule has 0 saturated heterocycles. The second-order valence-electron chi connectivity index (χ2n) is 6.62. The molecule has 0 aliphatic heterocycles. The molecule has 0 amide bonds. The SMILES string of the molecule is CCNC(=NCc1ccc(C)cc1OC)NCC(C)(C)NS(C)(=O)=O. The number of hydrogen-bond donors (Lipinski definition) is 3. The Balaban J connectivity index is 2.81. The van der Waals surface area contributed by atoms with Gasteiger partial charge in [0.25, 0.3) is 0 Å².